The van der Waals surface area contributed by atoms with Crippen molar-refractivity contribution in [3.63, 3.8) is 0 Å². The molecule has 1 atom stereocenters. The third-order valence-corrected chi connectivity index (χ3v) is 3.18. The van der Waals surface area contributed by atoms with Gasteiger partial charge in [-0.15, -0.1) is 0 Å². The summed E-state index contributed by atoms with van der Waals surface area (Å²) in [5, 5.41) is 8.83. The van der Waals surface area contributed by atoms with Crippen molar-refractivity contribution in [2.24, 2.45) is 0 Å². The average Bonchev–Trinajstić information content (AvgIpc) is 2.72. The lowest BCUT2D eigenvalue weighted by atomic mass is 10.1. The van der Waals surface area contributed by atoms with Gasteiger partial charge in [0.15, 0.2) is 0 Å². The van der Waals surface area contributed by atoms with E-state index in [9.17, 15) is 4.79 Å². The van der Waals surface area contributed by atoms with Gasteiger partial charge in [-0.3, -0.25) is 4.79 Å². The minimum atomic E-state index is -0.807. The van der Waals surface area contributed by atoms with E-state index in [0.29, 0.717) is 0 Å². The Bertz CT molecular complexity index is 585. The zero-order chi connectivity index (χ0) is 14.0. The van der Waals surface area contributed by atoms with Crippen LogP contribution in [0.4, 0.5) is 0 Å². The largest absolute Gasteiger partial charge is 0.481 e. The molecule has 0 amide bonds. The zero-order valence-corrected chi connectivity index (χ0v) is 11.4. The van der Waals surface area contributed by atoms with Crippen molar-refractivity contribution in [2.45, 2.75) is 33.1 Å². The van der Waals surface area contributed by atoms with Crippen LogP contribution in [0, 0.1) is 13.8 Å². The van der Waals surface area contributed by atoms with E-state index < -0.39 is 5.97 Å². The fraction of sp³-hybridized carbons (Fsp3) is 0.333. The highest BCUT2D eigenvalue weighted by molar-refractivity contribution is 5.68. The van der Waals surface area contributed by atoms with Gasteiger partial charge >= 0.3 is 5.97 Å². The summed E-state index contributed by atoms with van der Waals surface area (Å²) < 4.78 is 0. The number of aromatic amines is 1. The SMILES string of the molecule is Cc1ccc(-c2nc(C(C)CC(=O)O)[nH]c2C)cc1. The molecule has 0 spiro atoms. The molecule has 0 saturated carbocycles. The van der Waals surface area contributed by atoms with E-state index >= 15 is 0 Å². The Morgan fingerprint density at radius 2 is 1.95 bits per heavy atom. The molecule has 19 heavy (non-hydrogen) atoms. The molecular weight excluding hydrogens is 240 g/mol. The minimum absolute atomic E-state index is 0.0836. The molecule has 1 heterocycles. The Labute approximate surface area is 112 Å². The number of carboxylic acid groups (broad SMARTS) is 1. The molecule has 0 fully saturated rings. The van der Waals surface area contributed by atoms with Gasteiger partial charge in [0.1, 0.15) is 5.82 Å². The summed E-state index contributed by atoms with van der Waals surface area (Å²) in [6, 6.07) is 8.15. The Hall–Kier alpha value is -2.10. The predicted octanol–water partition coefficient (Wildman–Crippen LogP) is 3.27. The molecule has 2 aromatic rings. The van der Waals surface area contributed by atoms with Crippen LogP contribution in [-0.4, -0.2) is 21.0 Å². The van der Waals surface area contributed by atoms with Gasteiger partial charge in [-0.25, -0.2) is 4.98 Å². The minimum Gasteiger partial charge on any atom is -0.481 e. The number of aliphatic carboxylic acids is 1. The van der Waals surface area contributed by atoms with E-state index in [-0.39, 0.29) is 12.3 Å². The first-order valence-corrected chi connectivity index (χ1v) is 6.32. The van der Waals surface area contributed by atoms with Gasteiger partial charge < -0.3 is 10.1 Å². The number of carbonyl (C=O) groups is 1. The summed E-state index contributed by atoms with van der Waals surface area (Å²) in [6.45, 7) is 5.87. The van der Waals surface area contributed by atoms with Crippen LogP contribution in [0.5, 0.6) is 0 Å². The number of aromatic nitrogens is 2. The molecule has 100 valence electrons. The van der Waals surface area contributed by atoms with Crippen LogP contribution in [0.2, 0.25) is 0 Å². The average molecular weight is 258 g/mol. The summed E-state index contributed by atoms with van der Waals surface area (Å²) in [5.41, 5.74) is 4.12. The molecular formula is C15H18N2O2. The summed E-state index contributed by atoms with van der Waals surface area (Å²) in [7, 11) is 0. The van der Waals surface area contributed by atoms with Gasteiger partial charge in [-0.05, 0) is 13.8 Å². The lowest BCUT2D eigenvalue weighted by molar-refractivity contribution is -0.137. The maximum atomic E-state index is 10.7. The first kappa shape index (κ1) is 13.3. The van der Waals surface area contributed by atoms with Crippen molar-refractivity contribution < 1.29 is 9.90 Å². The molecule has 0 bridgehead atoms. The highest BCUT2D eigenvalue weighted by Crippen LogP contribution is 2.25. The number of nitrogens with zero attached hydrogens (tertiary/aromatic N) is 1. The third kappa shape index (κ3) is 3.02. The van der Waals surface area contributed by atoms with Crippen molar-refractivity contribution in [2.75, 3.05) is 0 Å². The second kappa shape index (κ2) is 5.26. The van der Waals surface area contributed by atoms with E-state index in [4.69, 9.17) is 5.11 Å². The van der Waals surface area contributed by atoms with Crippen LogP contribution < -0.4 is 0 Å². The maximum absolute atomic E-state index is 10.7. The van der Waals surface area contributed by atoms with Gasteiger partial charge in [0.25, 0.3) is 0 Å². The highest BCUT2D eigenvalue weighted by Gasteiger charge is 2.16. The zero-order valence-electron chi connectivity index (χ0n) is 11.4. The van der Waals surface area contributed by atoms with E-state index in [1.807, 2.05) is 45.0 Å². The molecule has 4 heteroatoms. The highest BCUT2D eigenvalue weighted by atomic mass is 16.4. The predicted molar refractivity (Wildman–Crippen MR) is 74.2 cm³/mol. The summed E-state index contributed by atoms with van der Waals surface area (Å²) in [6.07, 6.45) is 0.0836. The number of carboxylic acids is 1. The number of nitrogens with one attached hydrogen (secondary N) is 1. The molecule has 2 N–H and O–H groups in total. The molecule has 4 nitrogen and oxygen atoms in total. The second-order valence-corrected chi connectivity index (χ2v) is 4.96. The van der Waals surface area contributed by atoms with Crippen LogP contribution in [0.1, 0.15) is 36.3 Å². The Morgan fingerprint density at radius 3 is 2.53 bits per heavy atom. The molecule has 0 saturated heterocycles. The number of hydrogen-bond acceptors (Lipinski definition) is 2. The van der Waals surface area contributed by atoms with E-state index in [1.165, 1.54) is 5.56 Å². The van der Waals surface area contributed by atoms with E-state index in [0.717, 1.165) is 22.8 Å². The summed E-state index contributed by atoms with van der Waals surface area (Å²) in [5.74, 6) is -0.190. The molecule has 1 aromatic carbocycles. The van der Waals surface area contributed by atoms with E-state index in [2.05, 4.69) is 9.97 Å². The molecule has 0 radical (unpaired) electrons. The van der Waals surface area contributed by atoms with Crippen molar-refractivity contribution in [1.82, 2.24) is 9.97 Å². The Balaban J connectivity index is 2.30. The Morgan fingerprint density at radius 1 is 1.32 bits per heavy atom. The molecule has 2 rings (SSSR count). The van der Waals surface area contributed by atoms with Crippen molar-refractivity contribution in [3.05, 3.63) is 41.3 Å². The number of imidazole rings is 1. The van der Waals surface area contributed by atoms with Crippen molar-refractivity contribution in [1.29, 1.82) is 0 Å². The topological polar surface area (TPSA) is 66.0 Å². The summed E-state index contributed by atoms with van der Waals surface area (Å²) in [4.78, 5) is 18.5. The summed E-state index contributed by atoms with van der Waals surface area (Å²) >= 11 is 0. The smallest absolute Gasteiger partial charge is 0.304 e. The fourth-order valence-corrected chi connectivity index (χ4v) is 2.07. The molecule has 1 unspecified atom stereocenters. The van der Waals surface area contributed by atoms with Crippen molar-refractivity contribution in [3.8, 4) is 11.3 Å². The van der Waals surface area contributed by atoms with Crippen LogP contribution in [-0.2, 0) is 4.79 Å². The lowest BCUT2D eigenvalue weighted by Crippen LogP contribution is -2.04. The number of hydrogen-bond donors (Lipinski definition) is 2. The van der Waals surface area contributed by atoms with Gasteiger partial charge in [-0.2, -0.15) is 0 Å². The molecule has 1 aromatic heterocycles. The van der Waals surface area contributed by atoms with Gasteiger partial charge in [-0.1, -0.05) is 36.8 Å². The van der Waals surface area contributed by atoms with Gasteiger partial charge in [0, 0.05) is 17.2 Å². The van der Waals surface area contributed by atoms with Crippen LogP contribution in [0.25, 0.3) is 11.3 Å². The standard InChI is InChI=1S/C15H18N2O2/c1-9-4-6-12(7-5-9)14-11(3)16-15(17-14)10(2)8-13(18)19/h4-7,10H,8H2,1-3H3,(H,16,17)(H,18,19). The van der Waals surface area contributed by atoms with Gasteiger partial charge in [0.05, 0.1) is 12.1 Å². The van der Waals surface area contributed by atoms with E-state index in [1.54, 1.807) is 0 Å². The van der Waals surface area contributed by atoms with Crippen LogP contribution in [0.3, 0.4) is 0 Å². The number of rotatable bonds is 4. The normalized spacial score (nSPS) is 12.4. The van der Waals surface area contributed by atoms with Gasteiger partial charge in [0.2, 0.25) is 0 Å². The Kier molecular flexibility index (Phi) is 3.69. The first-order chi connectivity index (χ1) is 8.97. The number of H-pyrrole nitrogens is 1. The second-order valence-electron chi connectivity index (χ2n) is 4.96. The maximum Gasteiger partial charge on any atom is 0.304 e. The first-order valence-electron chi connectivity index (χ1n) is 6.32. The molecule has 0 aliphatic heterocycles. The van der Waals surface area contributed by atoms with Crippen LogP contribution in [0.15, 0.2) is 24.3 Å². The quantitative estimate of drug-likeness (QED) is 0.884. The van der Waals surface area contributed by atoms with Crippen molar-refractivity contribution >= 4 is 5.97 Å². The number of benzene rings is 1. The monoisotopic (exact) mass is 258 g/mol. The fourth-order valence-electron chi connectivity index (χ4n) is 2.07. The molecule has 0 aliphatic carbocycles. The number of aryl methyl sites for hydroxylation is 2. The molecule has 0 aliphatic rings. The van der Waals surface area contributed by atoms with Crippen LogP contribution >= 0.6 is 0 Å². The third-order valence-electron chi connectivity index (χ3n) is 3.18. The lowest BCUT2D eigenvalue weighted by Gasteiger charge is -2.03.